The first-order valence-corrected chi connectivity index (χ1v) is 7.15. The summed E-state index contributed by atoms with van der Waals surface area (Å²) < 4.78 is 30.0. The van der Waals surface area contributed by atoms with Crippen LogP contribution in [-0.2, 0) is 26.8 Å². The number of hydrogen-bond acceptors (Lipinski definition) is 8. The minimum absolute atomic E-state index is 0.156. The van der Waals surface area contributed by atoms with Crippen LogP contribution in [0.1, 0.15) is 12.8 Å². The summed E-state index contributed by atoms with van der Waals surface area (Å²) in [6.07, 6.45) is 0.990. The van der Waals surface area contributed by atoms with E-state index in [4.69, 9.17) is 18.9 Å². The van der Waals surface area contributed by atoms with Gasteiger partial charge < -0.3 is 26.8 Å². The van der Waals surface area contributed by atoms with Crippen molar-refractivity contribution in [3.8, 4) is 0 Å². The molecule has 1 fully saturated rings. The molecule has 1 aliphatic carbocycles. The second-order valence-corrected chi connectivity index (χ2v) is 4.92. The molecule has 1 saturated heterocycles. The quantitative estimate of drug-likeness (QED) is 0.386. The first-order valence-electron chi connectivity index (χ1n) is 6.27. The first-order chi connectivity index (χ1) is 10.1. The van der Waals surface area contributed by atoms with Crippen LogP contribution in [0.15, 0.2) is 12.2 Å². The number of rotatable bonds is 2. The molecule has 9 heteroatoms. The summed E-state index contributed by atoms with van der Waals surface area (Å²) >= 11 is 1.44. The van der Waals surface area contributed by atoms with Gasteiger partial charge in [0.15, 0.2) is 23.0 Å². The van der Waals surface area contributed by atoms with E-state index >= 15 is 0 Å². The van der Waals surface area contributed by atoms with E-state index in [1.54, 1.807) is 12.2 Å². The topological polar surface area (TPSA) is 89.5 Å². The summed E-state index contributed by atoms with van der Waals surface area (Å²) in [4.78, 5) is 22.4. The van der Waals surface area contributed by atoms with E-state index in [9.17, 15) is 9.59 Å². The fraction of sp³-hybridized carbons (Fsp3) is 0.667. The Kier molecular flexibility index (Phi) is 6.06. The zero-order valence-electron chi connectivity index (χ0n) is 11.2. The standard InChI is InChI=1S/C12H15IO8/c1-16-11(14)19-7-2-3-8(20-12(15)21-13)5-10-9(4-7)17-6-18-10/h2-3,7-10H,4-6H2,1H3/b3-2+. The number of carbonyl (C=O) groups is 2. The lowest BCUT2D eigenvalue weighted by Gasteiger charge is -2.26. The van der Waals surface area contributed by atoms with Crippen LogP contribution in [0.2, 0.25) is 0 Å². The van der Waals surface area contributed by atoms with Crippen molar-refractivity contribution in [1.29, 1.82) is 0 Å². The van der Waals surface area contributed by atoms with Gasteiger partial charge in [-0.2, -0.15) is 0 Å². The zero-order valence-corrected chi connectivity index (χ0v) is 13.4. The van der Waals surface area contributed by atoms with Gasteiger partial charge in [0, 0.05) is 12.8 Å². The van der Waals surface area contributed by atoms with E-state index < -0.39 is 24.5 Å². The molecular weight excluding hydrogens is 399 g/mol. The Morgan fingerprint density at radius 2 is 1.57 bits per heavy atom. The molecule has 0 spiro atoms. The number of fused-ring (bicyclic) bond motifs is 1. The van der Waals surface area contributed by atoms with Gasteiger partial charge in [0.05, 0.1) is 19.3 Å². The predicted octanol–water partition coefficient (Wildman–Crippen LogP) is 2.10. The zero-order chi connectivity index (χ0) is 15.2. The van der Waals surface area contributed by atoms with Crippen LogP contribution in [0.3, 0.4) is 0 Å². The molecule has 0 bridgehead atoms. The third-order valence-electron chi connectivity index (χ3n) is 3.17. The molecule has 0 aromatic carbocycles. The minimum Gasteiger partial charge on any atom is -0.438 e. The Morgan fingerprint density at radius 3 is 2.05 bits per heavy atom. The van der Waals surface area contributed by atoms with Crippen molar-refractivity contribution in [3.05, 3.63) is 12.2 Å². The number of hydrogen-bond donors (Lipinski definition) is 0. The van der Waals surface area contributed by atoms with Gasteiger partial charge in [-0.25, -0.2) is 9.59 Å². The van der Waals surface area contributed by atoms with Crippen LogP contribution >= 0.6 is 23.0 Å². The van der Waals surface area contributed by atoms with Crippen molar-refractivity contribution < 1.29 is 36.3 Å². The highest BCUT2D eigenvalue weighted by atomic mass is 127. The number of methoxy groups -OCH3 is 1. The van der Waals surface area contributed by atoms with Gasteiger partial charge in [-0.15, -0.1) is 0 Å². The fourth-order valence-electron chi connectivity index (χ4n) is 2.22. The molecule has 2 aliphatic rings. The summed E-state index contributed by atoms with van der Waals surface area (Å²) in [5.41, 5.74) is 0. The molecule has 0 aromatic heterocycles. The molecule has 0 radical (unpaired) electrons. The van der Waals surface area contributed by atoms with Crippen molar-refractivity contribution in [3.63, 3.8) is 0 Å². The Balaban J connectivity index is 2.07. The molecule has 1 heterocycles. The minimum atomic E-state index is -0.799. The Morgan fingerprint density at radius 1 is 1.05 bits per heavy atom. The molecule has 0 N–H and O–H groups in total. The average Bonchev–Trinajstić information content (AvgIpc) is 2.88. The van der Waals surface area contributed by atoms with E-state index in [1.807, 2.05) is 0 Å². The maximum absolute atomic E-state index is 11.2. The lowest BCUT2D eigenvalue weighted by atomic mass is 9.97. The summed E-state index contributed by atoms with van der Waals surface area (Å²) in [7, 11) is 1.23. The highest BCUT2D eigenvalue weighted by molar-refractivity contribution is 14.1. The van der Waals surface area contributed by atoms with Gasteiger partial charge in [-0.1, -0.05) is 0 Å². The molecule has 118 valence electrons. The van der Waals surface area contributed by atoms with Gasteiger partial charge in [-0.3, -0.25) is 0 Å². The average molecular weight is 414 g/mol. The van der Waals surface area contributed by atoms with Crippen molar-refractivity contribution in [2.75, 3.05) is 13.9 Å². The van der Waals surface area contributed by atoms with E-state index in [2.05, 4.69) is 7.80 Å². The fourth-order valence-corrected chi connectivity index (χ4v) is 2.32. The van der Waals surface area contributed by atoms with Crippen LogP contribution in [0.4, 0.5) is 9.59 Å². The van der Waals surface area contributed by atoms with E-state index in [1.165, 1.54) is 30.1 Å². The van der Waals surface area contributed by atoms with Crippen molar-refractivity contribution >= 4 is 35.3 Å². The van der Waals surface area contributed by atoms with Crippen LogP contribution in [0, 0.1) is 0 Å². The number of halogens is 1. The monoisotopic (exact) mass is 414 g/mol. The lowest BCUT2D eigenvalue weighted by molar-refractivity contribution is 0.0129. The van der Waals surface area contributed by atoms with Crippen LogP contribution in [0.25, 0.3) is 0 Å². The second kappa shape index (κ2) is 7.80. The Hall–Kier alpha value is -1.07. The number of ether oxygens (including phenoxy) is 5. The molecule has 0 aromatic rings. The normalized spacial score (nSPS) is 33.0. The molecule has 1 aliphatic heterocycles. The van der Waals surface area contributed by atoms with Gasteiger partial charge in [0.2, 0.25) is 0 Å². The third-order valence-corrected chi connectivity index (χ3v) is 3.53. The largest absolute Gasteiger partial charge is 0.518 e. The summed E-state index contributed by atoms with van der Waals surface area (Å²) in [6.45, 7) is 0.156. The smallest absolute Gasteiger partial charge is 0.438 e. The SMILES string of the molecule is COC(=O)OC1/C=C/C(OC(=O)OI)CC2OCOC2C1. The summed E-state index contributed by atoms with van der Waals surface area (Å²) in [5, 5.41) is 0. The van der Waals surface area contributed by atoms with Crippen molar-refractivity contribution in [1.82, 2.24) is 0 Å². The highest BCUT2D eigenvalue weighted by Gasteiger charge is 2.36. The summed E-state index contributed by atoms with van der Waals surface area (Å²) in [5.74, 6) is 0. The molecule has 4 atom stereocenters. The van der Waals surface area contributed by atoms with Crippen LogP contribution < -0.4 is 0 Å². The summed E-state index contributed by atoms with van der Waals surface area (Å²) in [6, 6.07) is 0. The van der Waals surface area contributed by atoms with E-state index in [-0.39, 0.29) is 19.0 Å². The highest BCUT2D eigenvalue weighted by Crippen LogP contribution is 2.27. The Labute approximate surface area is 135 Å². The maximum Gasteiger partial charge on any atom is 0.518 e. The molecule has 0 saturated carbocycles. The maximum atomic E-state index is 11.2. The number of carbonyl (C=O) groups excluding carboxylic acids is 2. The Bertz CT molecular complexity index is 376. The van der Waals surface area contributed by atoms with Gasteiger partial charge in [-0.05, 0) is 12.2 Å². The van der Waals surface area contributed by atoms with E-state index in [0.29, 0.717) is 12.8 Å². The van der Waals surface area contributed by atoms with Gasteiger partial charge >= 0.3 is 12.3 Å². The second-order valence-electron chi connectivity index (χ2n) is 4.48. The van der Waals surface area contributed by atoms with Crippen LogP contribution in [0.5, 0.6) is 0 Å². The first kappa shape index (κ1) is 16.3. The molecular formula is C12H15IO8. The van der Waals surface area contributed by atoms with E-state index in [0.717, 1.165) is 0 Å². The van der Waals surface area contributed by atoms with Gasteiger partial charge in [0.1, 0.15) is 19.0 Å². The van der Waals surface area contributed by atoms with Crippen molar-refractivity contribution in [2.45, 2.75) is 37.3 Å². The molecule has 4 unspecified atom stereocenters. The lowest BCUT2D eigenvalue weighted by Crippen LogP contribution is -2.35. The molecule has 0 amide bonds. The third kappa shape index (κ3) is 4.71. The molecule has 8 nitrogen and oxygen atoms in total. The predicted molar refractivity (Wildman–Crippen MR) is 75.6 cm³/mol. The van der Waals surface area contributed by atoms with Crippen molar-refractivity contribution in [2.24, 2.45) is 0 Å². The molecule has 2 rings (SSSR count). The van der Waals surface area contributed by atoms with Crippen LogP contribution in [-0.4, -0.2) is 50.6 Å². The van der Waals surface area contributed by atoms with Gasteiger partial charge in [0.25, 0.3) is 0 Å². The molecule has 21 heavy (non-hydrogen) atoms.